The number of hydrogen-bond donors (Lipinski definition) is 1. The fourth-order valence-electron chi connectivity index (χ4n) is 1.72. The van der Waals surface area contributed by atoms with E-state index in [0.29, 0.717) is 11.7 Å². The second kappa shape index (κ2) is 6.75. The number of rotatable bonds is 6. The molecule has 18 heavy (non-hydrogen) atoms. The van der Waals surface area contributed by atoms with Crippen LogP contribution in [-0.2, 0) is 0 Å². The summed E-state index contributed by atoms with van der Waals surface area (Å²) in [6, 6.07) is 7.55. The van der Waals surface area contributed by atoms with Gasteiger partial charge in [0.25, 0.3) is 0 Å². The summed E-state index contributed by atoms with van der Waals surface area (Å²) in [6.07, 6.45) is 0.797. The third kappa shape index (κ3) is 3.85. The van der Waals surface area contributed by atoms with Gasteiger partial charge in [-0.15, -0.1) is 0 Å². The lowest BCUT2D eigenvalue weighted by Gasteiger charge is -2.17. The summed E-state index contributed by atoms with van der Waals surface area (Å²) in [4.78, 5) is 0. The molecule has 1 aromatic rings. The van der Waals surface area contributed by atoms with Crippen LogP contribution in [0.4, 0.5) is 5.69 Å². The molecule has 4 nitrogen and oxygen atoms in total. The molecule has 0 aliphatic rings. The normalized spacial score (nSPS) is 11.8. The lowest BCUT2D eigenvalue weighted by molar-refractivity contribution is 0.395. The Bertz CT molecular complexity index is 424. The zero-order valence-corrected chi connectivity index (χ0v) is 11.4. The summed E-state index contributed by atoms with van der Waals surface area (Å²) >= 11 is 0. The van der Waals surface area contributed by atoms with Crippen molar-refractivity contribution in [2.45, 2.75) is 26.3 Å². The van der Waals surface area contributed by atoms with E-state index in [1.54, 1.807) is 20.3 Å². The maximum absolute atomic E-state index is 9.12. The molecule has 0 fully saturated rings. The van der Waals surface area contributed by atoms with Gasteiger partial charge in [-0.2, -0.15) is 5.26 Å². The van der Waals surface area contributed by atoms with E-state index in [0.717, 1.165) is 17.9 Å². The number of methoxy groups -OCH3 is 2. The third-order valence-electron chi connectivity index (χ3n) is 2.60. The van der Waals surface area contributed by atoms with Crippen molar-refractivity contribution in [1.29, 1.82) is 5.26 Å². The molecule has 4 heteroatoms. The fourth-order valence-corrected chi connectivity index (χ4v) is 1.72. The average molecular weight is 248 g/mol. The van der Waals surface area contributed by atoms with E-state index >= 15 is 0 Å². The van der Waals surface area contributed by atoms with Crippen LogP contribution >= 0.6 is 0 Å². The predicted molar refractivity (Wildman–Crippen MR) is 72.0 cm³/mol. The van der Waals surface area contributed by atoms with Gasteiger partial charge in [-0.3, -0.25) is 0 Å². The monoisotopic (exact) mass is 248 g/mol. The lowest BCUT2D eigenvalue weighted by atomic mass is 10.0. The van der Waals surface area contributed by atoms with Gasteiger partial charge in [-0.05, 0) is 24.5 Å². The second-order valence-corrected chi connectivity index (χ2v) is 4.52. The van der Waals surface area contributed by atoms with Gasteiger partial charge in [0.2, 0.25) is 0 Å². The van der Waals surface area contributed by atoms with Crippen LogP contribution in [0.3, 0.4) is 0 Å². The van der Waals surface area contributed by atoms with Crippen molar-refractivity contribution in [3.8, 4) is 17.6 Å². The Morgan fingerprint density at radius 1 is 1.28 bits per heavy atom. The molecule has 0 radical (unpaired) electrons. The molecule has 0 amide bonds. The van der Waals surface area contributed by atoms with E-state index in [2.05, 4.69) is 25.2 Å². The van der Waals surface area contributed by atoms with Gasteiger partial charge < -0.3 is 14.8 Å². The van der Waals surface area contributed by atoms with E-state index < -0.39 is 0 Å². The summed E-state index contributed by atoms with van der Waals surface area (Å²) < 4.78 is 10.4. The Hall–Kier alpha value is -1.89. The molecule has 0 bridgehead atoms. The molecule has 1 atom stereocenters. The van der Waals surface area contributed by atoms with Gasteiger partial charge in [-0.25, -0.2) is 0 Å². The first kappa shape index (κ1) is 14.2. The van der Waals surface area contributed by atoms with Gasteiger partial charge in [-0.1, -0.05) is 13.8 Å². The molecule has 98 valence electrons. The standard InChI is InChI=1S/C14H20N2O2/c1-10(2)7-11(9-15)16-13-6-5-12(17-3)8-14(13)18-4/h5-6,8,10-11,16H,7H2,1-4H3. The highest BCUT2D eigenvalue weighted by molar-refractivity contribution is 5.60. The highest BCUT2D eigenvalue weighted by atomic mass is 16.5. The van der Waals surface area contributed by atoms with E-state index in [-0.39, 0.29) is 6.04 Å². The van der Waals surface area contributed by atoms with Crippen molar-refractivity contribution in [3.05, 3.63) is 18.2 Å². The van der Waals surface area contributed by atoms with Crippen LogP contribution in [0.5, 0.6) is 11.5 Å². The largest absolute Gasteiger partial charge is 0.497 e. The van der Waals surface area contributed by atoms with Crippen LogP contribution in [-0.4, -0.2) is 20.3 Å². The lowest BCUT2D eigenvalue weighted by Crippen LogP contribution is -2.19. The zero-order chi connectivity index (χ0) is 13.5. The van der Waals surface area contributed by atoms with Gasteiger partial charge in [0.1, 0.15) is 17.5 Å². The van der Waals surface area contributed by atoms with Crippen LogP contribution in [0.15, 0.2) is 18.2 Å². The number of nitrogens with zero attached hydrogens (tertiary/aromatic N) is 1. The fraction of sp³-hybridized carbons (Fsp3) is 0.500. The van der Waals surface area contributed by atoms with E-state index in [1.165, 1.54) is 0 Å². The first-order valence-corrected chi connectivity index (χ1v) is 5.98. The number of hydrogen-bond acceptors (Lipinski definition) is 4. The number of ether oxygens (including phenoxy) is 2. The molecular formula is C14H20N2O2. The van der Waals surface area contributed by atoms with Gasteiger partial charge in [0, 0.05) is 6.07 Å². The molecule has 1 rings (SSSR count). The zero-order valence-electron chi connectivity index (χ0n) is 11.4. The maximum atomic E-state index is 9.12. The molecule has 0 aromatic heterocycles. The molecule has 1 N–H and O–H groups in total. The number of benzene rings is 1. The maximum Gasteiger partial charge on any atom is 0.145 e. The Balaban J connectivity index is 2.86. The first-order valence-electron chi connectivity index (χ1n) is 5.98. The van der Waals surface area contributed by atoms with Gasteiger partial charge in [0.05, 0.1) is 26.0 Å². The van der Waals surface area contributed by atoms with Crippen LogP contribution in [0.1, 0.15) is 20.3 Å². The minimum Gasteiger partial charge on any atom is -0.497 e. The van der Waals surface area contributed by atoms with Crippen LogP contribution in [0.2, 0.25) is 0 Å². The SMILES string of the molecule is COc1ccc(NC(C#N)CC(C)C)c(OC)c1. The van der Waals surface area contributed by atoms with Gasteiger partial charge >= 0.3 is 0 Å². The van der Waals surface area contributed by atoms with E-state index in [4.69, 9.17) is 14.7 Å². The predicted octanol–water partition coefficient (Wildman–Crippen LogP) is 3.05. The Kier molecular flexibility index (Phi) is 5.31. The Morgan fingerprint density at radius 3 is 2.50 bits per heavy atom. The molecule has 1 aromatic carbocycles. The highest BCUT2D eigenvalue weighted by Gasteiger charge is 2.12. The molecule has 0 saturated carbocycles. The van der Waals surface area contributed by atoms with Crippen LogP contribution in [0.25, 0.3) is 0 Å². The minimum absolute atomic E-state index is 0.215. The smallest absolute Gasteiger partial charge is 0.145 e. The Labute approximate surface area is 109 Å². The topological polar surface area (TPSA) is 54.3 Å². The van der Waals surface area contributed by atoms with Crippen molar-refractivity contribution in [3.63, 3.8) is 0 Å². The molecular weight excluding hydrogens is 228 g/mol. The van der Waals surface area contributed by atoms with Crippen molar-refractivity contribution in [1.82, 2.24) is 0 Å². The molecule has 0 spiro atoms. The second-order valence-electron chi connectivity index (χ2n) is 4.52. The first-order chi connectivity index (χ1) is 8.60. The Morgan fingerprint density at radius 2 is 2.00 bits per heavy atom. The average Bonchev–Trinajstić information content (AvgIpc) is 2.37. The van der Waals surface area contributed by atoms with Crippen LogP contribution < -0.4 is 14.8 Å². The molecule has 0 heterocycles. The summed E-state index contributed by atoms with van der Waals surface area (Å²) in [5.74, 6) is 1.87. The van der Waals surface area contributed by atoms with Crippen LogP contribution in [0, 0.1) is 17.2 Å². The number of anilines is 1. The molecule has 0 aliphatic carbocycles. The van der Waals surface area contributed by atoms with Crippen molar-refractivity contribution in [2.75, 3.05) is 19.5 Å². The summed E-state index contributed by atoms with van der Waals surface area (Å²) in [5, 5.41) is 12.3. The van der Waals surface area contributed by atoms with E-state index in [9.17, 15) is 0 Å². The molecule has 0 saturated heterocycles. The summed E-state index contributed by atoms with van der Waals surface area (Å²) in [6.45, 7) is 4.19. The van der Waals surface area contributed by atoms with Crippen molar-refractivity contribution >= 4 is 5.69 Å². The highest BCUT2D eigenvalue weighted by Crippen LogP contribution is 2.30. The van der Waals surface area contributed by atoms with Crippen molar-refractivity contribution < 1.29 is 9.47 Å². The van der Waals surface area contributed by atoms with Crippen molar-refractivity contribution in [2.24, 2.45) is 5.92 Å². The molecule has 0 aliphatic heterocycles. The summed E-state index contributed by atoms with van der Waals surface area (Å²) in [5.41, 5.74) is 0.811. The third-order valence-corrected chi connectivity index (χ3v) is 2.60. The minimum atomic E-state index is -0.215. The molecule has 1 unspecified atom stereocenters. The number of nitrogens with one attached hydrogen (secondary N) is 1. The quantitative estimate of drug-likeness (QED) is 0.840. The van der Waals surface area contributed by atoms with E-state index in [1.807, 2.05) is 12.1 Å². The summed E-state index contributed by atoms with van der Waals surface area (Å²) in [7, 11) is 3.21. The van der Waals surface area contributed by atoms with Gasteiger partial charge in [0.15, 0.2) is 0 Å². The number of nitriles is 1.